The SMILES string of the molecule is Cc1ccccc1NC(=O)COc1ccc(/C=N/Nc2ccc([N+](=O)[O-])cc2)cc1. The molecular weight excluding hydrogens is 384 g/mol. The molecule has 0 aliphatic rings. The van der Waals surface area contributed by atoms with E-state index >= 15 is 0 Å². The molecule has 3 aromatic carbocycles. The molecule has 0 fully saturated rings. The number of hydrazone groups is 1. The number of nitrogens with one attached hydrogen (secondary N) is 2. The van der Waals surface area contributed by atoms with Gasteiger partial charge in [-0.15, -0.1) is 0 Å². The second kappa shape index (κ2) is 9.83. The Morgan fingerprint density at radius 3 is 2.43 bits per heavy atom. The molecule has 3 rings (SSSR count). The molecule has 2 N–H and O–H groups in total. The first-order valence-corrected chi connectivity index (χ1v) is 9.13. The van der Waals surface area contributed by atoms with Crippen LogP contribution in [0.2, 0.25) is 0 Å². The predicted molar refractivity (Wildman–Crippen MR) is 116 cm³/mol. The normalized spacial score (nSPS) is 10.6. The van der Waals surface area contributed by atoms with Crippen LogP contribution in [0.5, 0.6) is 5.75 Å². The van der Waals surface area contributed by atoms with Crippen molar-refractivity contribution >= 4 is 29.2 Å². The fourth-order valence-electron chi connectivity index (χ4n) is 2.54. The van der Waals surface area contributed by atoms with Gasteiger partial charge in [0, 0.05) is 17.8 Å². The number of nitrogens with zero attached hydrogens (tertiary/aromatic N) is 2. The smallest absolute Gasteiger partial charge is 0.269 e. The number of hydrogen-bond acceptors (Lipinski definition) is 6. The minimum absolute atomic E-state index is 0.0210. The highest BCUT2D eigenvalue weighted by molar-refractivity contribution is 5.92. The van der Waals surface area contributed by atoms with Gasteiger partial charge in [-0.25, -0.2) is 0 Å². The molecule has 0 heterocycles. The molecule has 0 spiro atoms. The number of amides is 1. The summed E-state index contributed by atoms with van der Waals surface area (Å²) in [7, 11) is 0. The van der Waals surface area contributed by atoms with Crippen LogP contribution < -0.4 is 15.5 Å². The van der Waals surface area contributed by atoms with Gasteiger partial charge in [-0.2, -0.15) is 5.10 Å². The topological polar surface area (TPSA) is 106 Å². The fraction of sp³-hybridized carbons (Fsp3) is 0.0909. The third-order valence-corrected chi connectivity index (χ3v) is 4.15. The number of hydrogen-bond donors (Lipinski definition) is 2. The van der Waals surface area contributed by atoms with Crippen molar-refractivity contribution in [2.45, 2.75) is 6.92 Å². The minimum atomic E-state index is -0.455. The molecule has 0 saturated heterocycles. The summed E-state index contributed by atoms with van der Waals surface area (Å²) in [5.41, 5.74) is 6.03. The number of nitro benzene ring substituents is 1. The molecule has 0 aromatic heterocycles. The van der Waals surface area contributed by atoms with E-state index in [2.05, 4.69) is 15.8 Å². The third kappa shape index (κ3) is 5.90. The van der Waals surface area contributed by atoms with Crippen LogP contribution in [0.15, 0.2) is 77.9 Å². The Morgan fingerprint density at radius 1 is 1.07 bits per heavy atom. The zero-order valence-electron chi connectivity index (χ0n) is 16.2. The summed E-state index contributed by atoms with van der Waals surface area (Å²) in [5, 5.41) is 17.6. The molecule has 3 aromatic rings. The number of carbonyl (C=O) groups is 1. The van der Waals surface area contributed by atoms with Crippen molar-refractivity contribution < 1.29 is 14.5 Å². The van der Waals surface area contributed by atoms with Gasteiger partial charge in [0.1, 0.15) is 5.75 Å². The number of non-ortho nitro benzene ring substituents is 1. The molecular formula is C22H20N4O4. The van der Waals surface area contributed by atoms with E-state index in [9.17, 15) is 14.9 Å². The Balaban J connectivity index is 1.47. The summed E-state index contributed by atoms with van der Waals surface area (Å²) >= 11 is 0. The molecule has 0 atom stereocenters. The summed E-state index contributed by atoms with van der Waals surface area (Å²) in [5.74, 6) is 0.331. The van der Waals surface area contributed by atoms with Crippen molar-refractivity contribution in [2.75, 3.05) is 17.3 Å². The van der Waals surface area contributed by atoms with Crippen molar-refractivity contribution in [2.24, 2.45) is 5.10 Å². The van der Waals surface area contributed by atoms with Crippen molar-refractivity contribution in [1.82, 2.24) is 0 Å². The first kappa shape index (κ1) is 20.5. The van der Waals surface area contributed by atoms with E-state index in [1.54, 1.807) is 42.6 Å². The van der Waals surface area contributed by atoms with Crippen LogP contribution in [0, 0.1) is 17.0 Å². The Kier molecular flexibility index (Phi) is 6.73. The first-order chi connectivity index (χ1) is 14.5. The maximum absolute atomic E-state index is 12.0. The standard InChI is InChI=1S/C22H20N4O4/c1-16-4-2-3-5-21(16)24-22(27)15-30-20-12-6-17(7-13-20)14-23-25-18-8-10-19(11-9-18)26(28)29/h2-14,25H,15H2,1H3,(H,24,27)/b23-14+. The highest BCUT2D eigenvalue weighted by Gasteiger charge is 2.06. The van der Waals surface area contributed by atoms with Crippen LogP contribution in [0.3, 0.4) is 0 Å². The molecule has 0 aliphatic heterocycles. The van der Waals surface area contributed by atoms with Gasteiger partial charge in [-0.05, 0) is 60.5 Å². The van der Waals surface area contributed by atoms with Crippen molar-refractivity contribution in [1.29, 1.82) is 0 Å². The third-order valence-electron chi connectivity index (χ3n) is 4.15. The quantitative estimate of drug-likeness (QED) is 0.329. The van der Waals surface area contributed by atoms with Gasteiger partial charge in [-0.3, -0.25) is 20.3 Å². The molecule has 0 unspecified atom stereocenters. The number of aryl methyl sites for hydroxylation is 1. The first-order valence-electron chi connectivity index (χ1n) is 9.13. The van der Waals surface area contributed by atoms with Crippen LogP contribution >= 0.6 is 0 Å². The summed E-state index contributed by atoms with van der Waals surface area (Å²) in [6.07, 6.45) is 1.61. The van der Waals surface area contributed by atoms with Gasteiger partial charge in [0.2, 0.25) is 0 Å². The highest BCUT2D eigenvalue weighted by atomic mass is 16.6. The van der Waals surface area contributed by atoms with E-state index in [4.69, 9.17) is 4.74 Å². The molecule has 1 amide bonds. The van der Waals surface area contributed by atoms with E-state index in [1.807, 2.05) is 31.2 Å². The van der Waals surface area contributed by atoms with E-state index < -0.39 is 4.92 Å². The number of para-hydroxylation sites is 1. The largest absolute Gasteiger partial charge is 0.484 e. The van der Waals surface area contributed by atoms with E-state index in [-0.39, 0.29) is 18.2 Å². The van der Waals surface area contributed by atoms with Gasteiger partial charge < -0.3 is 10.1 Å². The van der Waals surface area contributed by atoms with E-state index in [1.165, 1.54) is 12.1 Å². The average Bonchev–Trinajstić information content (AvgIpc) is 2.75. The number of benzene rings is 3. The molecule has 8 nitrogen and oxygen atoms in total. The van der Waals surface area contributed by atoms with Gasteiger partial charge >= 0.3 is 0 Å². The monoisotopic (exact) mass is 404 g/mol. The molecule has 30 heavy (non-hydrogen) atoms. The Hall–Kier alpha value is -4.20. The average molecular weight is 404 g/mol. The lowest BCUT2D eigenvalue weighted by Crippen LogP contribution is -2.20. The lowest BCUT2D eigenvalue weighted by Gasteiger charge is -2.09. The molecule has 152 valence electrons. The van der Waals surface area contributed by atoms with Crippen molar-refractivity contribution in [3.05, 3.63) is 94.0 Å². The van der Waals surface area contributed by atoms with Crippen LogP contribution in [0.4, 0.5) is 17.1 Å². The van der Waals surface area contributed by atoms with Crippen molar-refractivity contribution in [3.63, 3.8) is 0 Å². The Morgan fingerprint density at radius 2 is 1.77 bits per heavy atom. The van der Waals surface area contributed by atoms with Crippen LogP contribution in [0.1, 0.15) is 11.1 Å². The summed E-state index contributed by atoms with van der Waals surface area (Å²) in [6, 6.07) is 20.6. The lowest BCUT2D eigenvalue weighted by molar-refractivity contribution is -0.384. The summed E-state index contributed by atoms with van der Waals surface area (Å²) in [4.78, 5) is 22.2. The Labute approximate surface area is 173 Å². The van der Waals surface area contributed by atoms with E-state index in [0.717, 1.165) is 16.8 Å². The summed E-state index contributed by atoms with van der Waals surface area (Å²) in [6.45, 7) is 1.83. The highest BCUT2D eigenvalue weighted by Crippen LogP contribution is 2.16. The van der Waals surface area contributed by atoms with Gasteiger partial charge in [-0.1, -0.05) is 18.2 Å². The molecule has 8 heteroatoms. The molecule has 0 bridgehead atoms. The molecule has 0 aliphatic carbocycles. The molecule has 0 radical (unpaired) electrons. The van der Waals surface area contributed by atoms with Gasteiger partial charge in [0.25, 0.3) is 11.6 Å². The maximum Gasteiger partial charge on any atom is 0.269 e. The van der Waals surface area contributed by atoms with Crippen LogP contribution in [-0.2, 0) is 4.79 Å². The van der Waals surface area contributed by atoms with Crippen LogP contribution in [-0.4, -0.2) is 23.7 Å². The second-order valence-corrected chi connectivity index (χ2v) is 6.39. The van der Waals surface area contributed by atoms with Gasteiger partial charge in [0.15, 0.2) is 6.61 Å². The number of nitro groups is 1. The van der Waals surface area contributed by atoms with Crippen LogP contribution in [0.25, 0.3) is 0 Å². The van der Waals surface area contributed by atoms with E-state index in [0.29, 0.717) is 11.4 Å². The fourth-order valence-corrected chi connectivity index (χ4v) is 2.54. The van der Waals surface area contributed by atoms with Crippen molar-refractivity contribution in [3.8, 4) is 5.75 Å². The molecule has 0 saturated carbocycles. The van der Waals surface area contributed by atoms with Gasteiger partial charge in [0.05, 0.1) is 16.8 Å². The maximum atomic E-state index is 12.0. The number of rotatable bonds is 8. The summed E-state index contributed by atoms with van der Waals surface area (Å²) < 4.78 is 5.51. The lowest BCUT2D eigenvalue weighted by atomic mass is 10.2. The number of ether oxygens (including phenoxy) is 1. The zero-order chi connectivity index (χ0) is 21.3. The number of carbonyl (C=O) groups excluding carboxylic acids is 1. The Bertz CT molecular complexity index is 1050. The predicted octanol–water partition coefficient (Wildman–Crippen LogP) is 4.37. The number of anilines is 2. The zero-order valence-corrected chi connectivity index (χ0v) is 16.2. The minimum Gasteiger partial charge on any atom is -0.484 e. The second-order valence-electron chi connectivity index (χ2n) is 6.39.